The second-order valence-corrected chi connectivity index (χ2v) is 9.09. The zero-order valence-electron chi connectivity index (χ0n) is 20.6. The maximum Gasteiger partial charge on any atom is 0.410 e. The third kappa shape index (κ3) is 9.06. The molecule has 194 valence electrons. The number of ether oxygens (including phenoxy) is 2. The first-order valence-electron chi connectivity index (χ1n) is 11.6. The molecule has 1 saturated heterocycles. The molecular formula is C23H36N6O6. The lowest BCUT2D eigenvalue weighted by atomic mass is 10.1. The Morgan fingerprint density at radius 3 is 2.46 bits per heavy atom. The number of nitro benzene ring substituents is 1. The fraction of sp³-hybridized carbons (Fsp3) is 0.565. The van der Waals surface area contributed by atoms with Crippen molar-refractivity contribution < 1.29 is 24.0 Å². The Labute approximate surface area is 205 Å². The molecule has 0 atom stereocenters. The van der Waals surface area contributed by atoms with Gasteiger partial charge >= 0.3 is 6.09 Å². The number of amides is 2. The highest BCUT2D eigenvalue weighted by atomic mass is 16.6. The van der Waals surface area contributed by atoms with Crippen molar-refractivity contribution in [3.63, 3.8) is 0 Å². The lowest BCUT2D eigenvalue weighted by molar-refractivity contribution is -0.384. The smallest absolute Gasteiger partial charge is 0.410 e. The van der Waals surface area contributed by atoms with Gasteiger partial charge in [0.1, 0.15) is 11.4 Å². The van der Waals surface area contributed by atoms with Crippen LogP contribution in [0.4, 0.5) is 16.2 Å². The Morgan fingerprint density at radius 2 is 1.89 bits per heavy atom. The van der Waals surface area contributed by atoms with Gasteiger partial charge in [0.25, 0.3) is 5.69 Å². The minimum atomic E-state index is -0.782. The number of hydrogen-bond acceptors (Lipinski definition) is 9. The van der Waals surface area contributed by atoms with E-state index in [0.717, 1.165) is 12.6 Å². The number of nitrogens with one attached hydrogen (secondary N) is 1. The van der Waals surface area contributed by atoms with E-state index in [1.54, 1.807) is 17.1 Å². The van der Waals surface area contributed by atoms with Crippen molar-refractivity contribution in [2.45, 2.75) is 32.8 Å². The minimum absolute atomic E-state index is 0.00647. The fourth-order valence-corrected chi connectivity index (χ4v) is 3.47. The molecule has 0 saturated carbocycles. The molecular weight excluding hydrogens is 456 g/mol. The Kier molecular flexibility index (Phi) is 10.3. The van der Waals surface area contributed by atoms with Gasteiger partial charge in [0.05, 0.1) is 11.5 Å². The summed E-state index contributed by atoms with van der Waals surface area (Å²) in [6.07, 6.45) is 3.80. The highest BCUT2D eigenvalue weighted by Crippen LogP contribution is 2.36. The van der Waals surface area contributed by atoms with E-state index in [0.29, 0.717) is 45.7 Å². The fourth-order valence-electron chi connectivity index (χ4n) is 3.47. The van der Waals surface area contributed by atoms with Crippen molar-refractivity contribution in [1.82, 2.24) is 9.80 Å². The van der Waals surface area contributed by atoms with Gasteiger partial charge in [-0.25, -0.2) is 4.79 Å². The molecule has 2 rings (SSSR count). The van der Waals surface area contributed by atoms with Gasteiger partial charge in [-0.1, -0.05) is 12.2 Å². The van der Waals surface area contributed by atoms with Gasteiger partial charge in [-0.2, -0.15) is 0 Å². The molecule has 12 nitrogen and oxygen atoms in total. The van der Waals surface area contributed by atoms with E-state index in [1.807, 2.05) is 20.8 Å². The number of primary amides is 1. The van der Waals surface area contributed by atoms with Crippen molar-refractivity contribution in [3.8, 4) is 5.75 Å². The van der Waals surface area contributed by atoms with E-state index in [1.165, 1.54) is 6.07 Å². The summed E-state index contributed by atoms with van der Waals surface area (Å²) in [5.74, 6) is -0.598. The Morgan fingerprint density at radius 1 is 1.20 bits per heavy atom. The molecule has 0 aliphatic carbocycles. The number of hydrogen-bond donors (Lipinski definition) is 3. The summed E-state index contributed by atoms with van der Waals surface area (Å²) < 4.78 is 11.3. The zero-order valence-corrected chi connectivity index (χ0v) is 20.6. The number of carbonyl (C=O) groups is 2. The maximum absolute atomic E-state index is 12.2. The molecule has 1 fully saturated rings. The molecule has 2 amide bonds. The molecule has 35 heavy (non-hydrogen) atoms. The van der Waals surface area contributed by atoms with Gasteiger partial charge in [0.2, 0.25) is 5.91 Å². The lowest BCUT2D eigenvalue weighted by Crippen LogP contribution is -2.50. The second-order valence-electron chi connectivity index (χ2n) is 9.09. The number of nitrogens with two attached hydrogens (primary N) is 2. The summed E-state index contributed by atoms with van der Waals surface area (Å²) in [6, 6.07) is 2.54. The van der Waals surface area contributed by atoms with Crippen LogP contribution >= 0.6 is 0 Å². The second kappa shape index (κ2) is 12.9. The summed E-state index contributed by atoms with van der Waals surface area (Å²) >= 11 is 0. The Hall–Kier alpha value is -3.38. The summed E-state index contributed by atoms with van der Waals surface area (Å²) in [5.41, 5.74) is 10.1. The number of rotatable bonds is 11. The SMILES string of the molecule is CC(C)(C)OC(=O)N1CCN(CCCOc2cc(C(N)=O)cc([N+](=O)[O-])c2NC/C=C/CN)CC1. The zero-order chi connectivity index (χ0) is 26.0. The lowest BCUT2D eigenvalue weighted by Gasteiger charge is -2.35. The summed E-state index contributed by atoms with van der Waals surface area (Å²) in [4.78, 5) is 38.8. The first-order chi connectivity index (χ1) is 16.5. The van der Waals surface area contributed by atoms with E-state index >= 15 is 0 Å². The van der Waals surface area contributed by atoms with Crippen LogP contribution in [0.5, 0.6) is 5.75 Å². The molecule has 1 aliphatic heterocycles. The van der Waals surface area contributed by atoms with E-state index in [-0.39, 0.29) is 35.4 Å². The largest absolute Gasteiger partial charge is 0.491 e. The van der Waals surface area contributed by atoms with E-state index in [9.17, 15) is 19.7 Å². The van der Waals surface area contributed by atoms with Crippen LogP contribution < -0.4 is 21.5 Å². The molecule has 0 spiro atoms. The first-order valence-corrected chi connectivity index (χ1v) is 11.6. The summed E-state index contributed by atoms with van der Waals surface area (Å²) in [7, 11) is 0. The predicted molar refractivity (Wildman–Crippen MR) is 133 cm³/mol. The van der Waals surface area contributed by atoms with E-state index in [2.05, 4.69) is 10.2 Å². The molecule has 0 unspecified atom stereocenters. The van der Waals surface area contributed by atoms with E-state index < -0.39 is 16.4 Å². The summed E-state index contributed by atoms with van der Waals surface area (Å²) in [5, 5.41) is 14.6. The van der Waals surface area contributed by atoms with Crippen LogP contribution in [0.3, 0.4) is 0 Å². The number of piperazine rings is 1. The normalized spacial score (nSPS) is 14.7. The topological polar surface area (TPSA) is 166 Å². The molecule has 1 aromatic rings. The number of anilines is 1. The van der Waals surface area contributed by atoms with Crippen LogP contribution in [0, 0.1) is 10.1 Å². The van der Waals surface area contributed by atoms with Crippen LogP contribution in [-0.2, 0) is 4.74 Å². The molecule has 0 aromatic heterocycles. The van der Waals surface area contributed by atoms with Crippen LogP contribution in [0.15, 0.2) is 24.3 Å². The highest BCUT2D eigenvalue weighted by Gasteiger charge is 2.26. The number of nitrogens with zero attached hydrogens (tertiary/aromatic N) is 3. The molecule has 0 bridgehead atoms. The van der Waals surface area contributed by atoms with Gasteiger partial charge in [-0.15, -0.1) is 0 Å². The van der Waals surface area contributed by atoms with Gasteiger partial charge < -0.3 is 31.2 Å². The van der Waals surface area contributed by atoms with Gasteiger partial charge in [-0.05, 0) is 33.3 Å². The number of benzene rings is 1. The van der Waals surface area contributed by atoms with Crippen molar-refractivity contribution in [2.24, 2.45) is 11.5 Å². The van der Waals surface area contributed by atoms with Gasteiger partial charge in [0.15, 0.2) is 5.69 Å². The number of carbonyl (C=O) groups excluding carboxylic acids is 2. The Balaban J connectivity index is 1.95. The van der Waals surface area contributed by atoms with E-state index in [4.69, 9.17) is 20.9 Å². The minimum Gasteiger partial charge on any atom is -0.491 e. The molecule has 1 heterocycles. The average Bonchev–Trinajstić information content (AvgIpc) is 2.78. The highest BCUT2D eigenvalue weighted by molar-refractivity contribution is 5.95. The third-order valence-corrected chi connectivity index (χ3v) is 5.16. The van der Waals surface area contributed by atoms with Crippen molar-refractivity contribution in [3.05, 3.63) is 40.0 Å². The van der Waals surface area contributed by atoms with Gasteiger partial charge in [0, 0.05) is 57.4 Å². The van der Waals surface area contributed by atoms with Crippen molar-refractivity contribution >= 4 is 23.4 Å². The quantitative estimate of drug-likeness (QED) is 0.181. The third-order valence-electron chi connectivity index (χ3n) is 5.16. The Bertz CT molecular complexity index is 922. The molecule has 5 N–H and O–H groups in total. The standard InChI is InChI=1S/C23H36N6O6/c1-23(2,3)35-22(31)28-12-10-27(11-13-28)9-6-14-34-19-16-17(21(25)30)15-18(29(32)33)20(19)26-8-5-4-7-24/h4-5,15-16,26H,6-14,24H2,1-3H3,(H2,25,30)/b5-4+. The summed E-state index contributed by atoms with van der Waals surface area (Å²) in [6.45, 7) is 9.74. The predicted octanol–water partition coefficient (Wildman–Crippen LogP) is 1.94. The van der Waals surface area contributed by atoms with Gasteiger partial charge in [-0.3, -0.25) is 19.8 Å². The molecule has 1 aliphatic rings. The molecule has 1 aromatic carbocycles. The van der Waals surface area contributed by atoms with Crippen molar-refractivity contribution in [1.29, 1.82) is 0 Å². The number of nitro groups is 1. The van der Waals surface area contributed by atoms with Crippen LogP contribution in [0.2, 0.25) is 0 Å². The van der Waals surface area contributed by atoms with Crippen molar-refractivity contribution in [2.75, 3.05) is 57.7 Å². The van der Waals surface area contributed by atoms with Crippen LogP contribution in [0.1, 0.15) is 37.6 Å². The van der Waals surface area contributed by atoms with Crippen LogP contribution in [-0.4, -0.2) is 84.7 Å². The monoisotopic (exact) mass is 492 g/mol. The molecule has 12 heteroatoms. The maximum atomic E-state index is 12.2. The van der Waals surface area contributed by atoms with Crippen LogP contribution in [0.25, 0.3) is 0 Å². The molecule has 0 radical (unpaired) electrons. The average molecular weight is 493 g/mol. The first kappa shape index (κ1) is 27.9.